The Morgan fingerprint density at radius 2 is 2.19 bits per heavy atom. The van der Waals surface area contributed by atoms with Crippen molar-refractivity contribution in [3.63, 3.8) is 0 Å². The van der Waals surface area contributed by atoms with Gasteiger partial charge in [-0.2, -0.15) is 4.39 Å². The van der Waals surface area contributed by atoms with Crippen LogP contribution in [0.5, 0.6) is 0 Å². The number of halogens is 1. The second-order valence-electron chi connectivity index (χ2n) is 5.91. The molecule has 2 aromatic rings. The summed E-state index contributed by atoms with van der Waals surface area (Å²) in [5, 5.41) is 13.3. The van der Waals surface area contributed by atoms with Gasteiger partial charge in [0.25, 0.3) is 0 Å². The van der Waals surface area contributed by atoms with Crippen LogP contribution in [0.1, 0.15) is 12.1 Å². The molecule has 0 spiro atoms. The summed E-state index contributed by atoms with van der Waals surface area (Å²) >= 11 is 0. The molecule has 1 aliphatic rings. The SMILES string of the molecule is O=C(Nc1ccc(F)c([N+](=O)[O-])c1)C1CC(=O)N(Cc2ccccn2)C1. The van der Waals surface area contributed by atoms with Crippen molar-refractivity contribution in [2.75, 3.05) is 11.9 Å². The minimum Gasteiger partial charge on any atom is -0.336 e. The molecule has 1 aliphatic heterocycles. The molecule has 1 atom stereocenters. The second-order valence-corrected chi connectivity index (χ2v) is 5.91. The van der Waals surface area contributed by atoms with Crippen LogP contribution in [0.3, 0.4) is 0 Å². The molecule has 3 rings (SSSR count). The van der Waals surface area contributed by atoms with Gasteiger partial charge >= 0.3 is 5.69 Å². The van der Waals surface area contributed by atoms with E-state index in [0.29, 0.717) is 6.54 Å². The van der Waals surface area contributed by atoms with E-state index < -0.39 is 28.3 Å². The summed E-state index contributed by atoms with van der Waals surface area (Å²) in [7, 11) is 0. The number of pyridine rings is 1. The van der Waals surface area contributed by atoms with Gasteiger partial charge in [0, 0.05) is 30.9 Å². The molecule has 134 valence electrons. The average Bonchev–Trinajstić information content (AvgIpc) is 2.98. The summed E-state index contributed by atoms with van der Waals surface area (Å²) in [5.41, 5.74) is 0.108. The minimum absolute atomic E-state index is 0.0436. The zero-order chi connectivity index (χ0) is 18.7. The first kappa shape index (κ1) is 17.5. The number of nitro groups is 1. The van der Waals surface area contributed by atoms with Gasteiger partial charge in [-0.25, -0.2) is 0 Å². The summed E-state index contributed by atoms with van der Waals surface area (Å²) < 4.78 is 13.4. The van der Waals surface area contributed by atoms with E-state index in [0.717, 1.165) is 17.8 Å². The molecule has 8 nitrogen and oxygen atoms in total. The summed E-state index contributed by atoms with van der Waals surface area (Å²) in [6, 6.07) is 8.49. The standard InChI is InChI=1S/C17H15FN4O4/c18-14-5-4-12(8-15(14)22(25)26)20-17(24)11-7-16(23)21(9-11)10-13-3-1-2-6-19-13/h1-6,8,11H,7,9-10H2,(H,20,24). The van der Waals surface area contributed by atoms with Crippen LogP contribution in [0.15, 0.2) is 42.6 Å². The van der Waals surface area contributed by atoms with Gasteiger partial charge in [-0.05, 0) is 24.3 Å². The number of amides is 2. The molecule has 1 aromatic carbocycles. The van der Waals surface area contributed by atoms with E-state index in [1.54, 1.807) is 23.2 Å². The van der Waals surface area contributed by atoms with Gasteiger partial charge in [0.05, 0.1) is 23.1 Å². The number of anilines is 1. The Bertz CT molecular complexity index is 859. The number of rotatable bonds is 5. The van der Waals surface area contributed by atoms with Gasteiger partial charge in [0.1, 0.15) is 0 Å². The highest BCUT2D eigenvalue weighted by Gasteiger charge is 2.34. The molecule has 0 aliphatic carbocycles. The number of carbonyl (C=O) groups excluding carboxylic acids is 2. The molecule has 0 saturated carbocycles. The molecule has 1 aromatic heterocycles. The van der Waals surface area contributed by atoms with Gasteiger partial charge in [0.15, 0.2) is 0 Å². The highest BCUT2D eigenvalue weighted by Crippen LogP contribution is 2.24. The number of likely N-dealkylation sites (tertiary alicyclic amines) is 1. The molecule has 2 heterocycles. The lowest BCUT2D eigenvalue weighted by Gasteiger charge is -2.16. The molecule has 26 heavy (non-hydrogen) atoms. The molecule has 1 unspecified atom stereocenters. The van der Waals surface area contributed by atoms with Crippen molar-refractivity contribution in [2.45, 2.75) is 13.0 Å². The number of nitrogens with zero attached hydrogens (tertiary/aromatic N) is 3. The van der Waals surface area contributed by atoms with Crippen LogP contribution in [0.4, 0.5) is 15.8 Å². The van der Waals surface area contributed by atoms with Crippen molar-refractivity contribution in [3.8, 4) is 0 Å². The Hall–Kier alpha value is -3.36. The first-order valence-corrected chi connectivity index (χ1v) is 7.86. The Morgan fingerprint density at radius 1 is 1.38 bits per heavy atom. The van der Waals surface area contributed by atoms with E-state index in [1.807, 2.05) is 6.07 Å². The maximum atomic E-state index is 13.4. The molecule has 1 N–H and O–H groups in total. The van der Waals surface area contributed by atoms with E-state index in [-0.39, 0.29) is 24.6 Å². The molecule has 2 amide bonds. The van der Waals surface area contributed by atoms with Gasteiger partial charge in [0.2, 0.25) is 17.6 Å². The summed E-state index contributed by atoms with van der Waals surface area (Å²) in [5.74, 6) is -2.18. The van der Waals surface area contributed by atoms with E-state index in [9.17, 15) is 24.1 Å². The lowest BCUT2D eigenvalue weighted by atomic mass is 10.1. The zero-order valence-corrected chi connectivity index (χ0v) is 13.6. The molecule has 1 saturated heterocycles. The van der Waals surface area contributed by atoms with Crippen LogP contribution in [-0.2, 0) is 16.1 Å². The number of hydrogen-bond donors (Lipinski definition) is 1. The maximum Gasteiger partial charge on any atom is 0.306 e. The number of benzene rings is 1. The van der Waals surface area contributed by atoms with E-state index in [2.05, 4.69) is 10.3 Å². The predicted octanol–water partition coefficient (Wildman–Crippen LogP) is 2.12. The normalized spacial score (nSPS) is 16.6. The number of hydrogen-bond acceptors (Lipinski definition) is 5. The van der Waals surface area contributed by atoms with Crippen LogP contribution in [-0.4, -0.2) is 33.2 Å². The smallest absolute Gasteiger partial charge is 0.306 e. The first-order valence-electron chi connectivity index (χ1n) is 7.86. The topological polar surface area (TPSA) is 105 Å². The molecule has 9 heteroatoms. The fourth-order valence-corrected chi connectivity index (χ4v) is 2.76. The van der Waals surface area contributed by atoms with E-state index >= 15 is 0 Å². The highest BCUT2D eigenvalue weighted by atomic mass is 19.1. The quantitative estimate of drug-likeness (QED) is 0.651. The Kier molecular flexibility index (Phi) is 4.87. The average molecular weight is 358 g/mol. The Morgan fingerprint density at radius 3 is 2.88 bits per heavy atom. The minimum atomic E-state index is -0.981. The third-order valence-electron chi connectivity index (χ3n) is 4.07. The fourth-order valence-electron chi connectivity index (χ4n) is 2.76. The van der Waals surface area contributed by atoms with Crippen LogP contribution in [0.2, 0.25) is 0 Å². The van der Waals surface area contributed by atoms with Crippen LogP contribution >= 0.6 is 0 Å². The van der Waals surface area contributed by atoms with Gasteiger partial charge in [-0.3, -0.25) is 24.7 Å². The lowest BCUT2D eigenvalue weighted by Crippen LogP contribution is -2.28. The lowest BCUT2D eigenvalue weighted by molar-refractivity contribution is -0.387. The zero-order valence-electron chi connectivity index (χ0n) is 13.6. The van der Waals surface area contributed by atoms with Crippen molar-refractivity contribution in [2.24, 2.45) is 5.92 Å². The molecule has 0 bridgehead atoms. The van der Waals surface area contributed by atoms with Crippen LogP contribution in [0, 0.1) is 21.8 Å². The van der Waals surface area contributed by atoms with Crippen LogP contribution < -0.4 is 5.32 Å². The summed E-state index contributed by atoms with van der Waals surface area (Å²) in [6.45, 7) is 0.538. The van der Waals surface area contributed by atoms with Crippen molar-refractivity contribution in [1.29, 1.82) is 0 Å². The van der Waals surface area contributed by atoms with Crippen molar-refractivity contribution >= 4 is 23.2 Å². The second kappa shape index (κ2) is 7.26. The van der Waals surface area contributed by atoms with Gasteiger partial charge < -0.3 is 10.2 Å². The molecular formula is C17H15FN4O4. The first-order chi connectivity index (χ1) is 12.4. The number of nitro benzene ring substituents is 1. The third-order valence-corrected chi connectivity index (χ3v) is 4.07. The van der Waals surface area contributed by atoms with Gasteiger partial charge in [-0.15, -0.1) is 0 Å². The third kappa shape index (κ3) is 3.82. The van der Waals surface area contributed by atoms with E-state index in [4.69, 9.17) is 0 Å². The van der Waals surface area contributed by atoms with Crippen molar-refractivity contribution < 1.29 is 18.9 Å². The highest BCUT2D eigenvalue weighted by molar-refractivity contribution is 5.97. The Balaban J connectivity index is 1.65. The number of aromatic nitrogens is 1. The number of nitrogens with one attached hydrogen (secondary N) is 1. The number of carbonyl (C=O) groups is 2. The Labute approximate surface area is 147 Å². The molecule has 1 fully saturated rings. The summed E-state index contributed by atoms with van der Waals surface area (Å²) in [6.07, 6.45) is 1.67. The van der Waals surface area contributed by atoms with Crippen molar-refractivity contribution in [3.05, 3.63) is 64.2 Å². The van der Waals surface area contributed by atoms with E-state index in [1.165, 1.54) is 6.07 Å². The molecule has 0 radical (unpaired) electrons. The maximum absolute atomic E-state index is 13.4. The molecular weight excluding hydrogens is 343 g/mol. The van der Waals surface area contributed by atoms with Gasteiger partial charge in [-0.1, -0.05) is 6.07 Å². The summed E-state index contributed by atoms with van der Waals surface area (Å²) in [4.78, 5) is 40.1. The monoisotopic (exact) mass is 358 g/mol. The largest absolute Gasteiger partial charge is 0.336 e. The predicted molar refractivity (Wildman–Crippen MR) is 89.4 cm³/mol. The van der Waals surface area contributed by atoms with Crippen LogP contribution in [0.25, 0.3) is 0 Å². The fraction of sp³-hybridized carbons (Fsp3) is 0.235. The van der Waals surface area contributed by atoms with Crippen molar-refractivity contribution in [1.82, 2.24) is 9.88 Å².